The summed E-state index contributed by atoms with van der Waals surface area (Å²) in [6.45, 7) is 2.93. The highest BCUT2D eigenvalue weighted by Crippen LogP contribution is 2.17. The van der Waals surface area contributed by atoms with Crippen LogP contribution in [-0.4, -0.2) is 11.7 Å². The molecule has 1 aliphatic rings. The van der Waals surface area contributed by atoms with Crippen LogP contribution in [0.15, 0.2) is 24.4 Å². The molecule has 1 atom stereocenters. The fraction of sp³-hybridized carbons (Fsp3) is 0.600. The van der Waals surface area contributed by atoms with Crippen LogP contribution in [-0.2, 0) is 4.74 Å². The largest absolute Gasteiger partial charge is 0.352 e. The van der Waals surface area contributed by atoms with Gasteiger partial charge in [-0.3, -0.25) is 0 Å². The van der Waals surface area contributed by atoms with E-state index >= 15 is 0 Å². The van der Waals surface area contributed by atoms with E-state index < -0.39 is 5.06 Å². The topological polar surface area (TPSA) is 21.3 Å². The zero-order valence-corrected chi connectivity index (χ0v) is 8.89. The fourth-order valence-corrected chi connectivity index (χ4v) is 1.38. The summed E-state index contributed by atoms with van der Waals surface area (Å²) >= 11 is 4.38. The van der Waals surface area contributed by atoms with Crippen LogP contribution in [0, 0.1) is 0 Å². The monoisotopic (exact) mass is 199 g/mol. The molecule has 0 amide bonds. The molecule has 1 aliphatic heterocycles. The Bertz CT molecular complexity index is 203. The van der Waals surface area contributed by atoms with Crippen molar-refractivity contribution in [2.24, 2.45) is 0 Å². The number of unbranched alkanes of at least 4 members (excludes halogenated alkanes) is 2. The van der Waals surface area contributed by atoms with Gasteiger partial charge in [-0.25, -0.2) is 0 Å². The number of nitrogens with one attached hydrogen (secondary N) is 1. The van der Waals surface area contributed by atoms with Gasteiger partial charge < -0.3 is 10.1 Å². The second-order valence-electron chi connectivity index (χ2n) is 3.11. The molecule has 1 heterocycles. The minimum Gasteiger partial charge on any atom is -0.352 e. The first-order valence-corrected chi connectivity index (χ1v) is 5.20. The molecule has 2 nitrogen and oxygen atoms in total. The second kappa shape index (κ2) is 5.35. The predicted octanol–water partition coefficient (Wildman–Crippen LogP) is 2.45. The average molecular weight is 199 g/mol. The lowest BCUT2D eigenvalue weighted by Crippen LogP contribution is -2.38. The summed E-state index contributed by atoms with van der Waals surface area (Å²) in [5, 5.41) is 2.45. The van der Waals surface area contributed by atoms with Gasteiger partial charge in [0, 0.05) is 0 Å². The van der Waals surface area contributed by atoms with Crippen molar-refractivity contribution in [2.45, 2.75) is 31.2 Å². The quantitative estimate of drug-likeness (QED) is 0.403. The third kappa shape index (κ3) is 3.87. The smallest absolute Gasteiger partial charge is 0.204 e. The van der Waals surface area contributed by atoms with Crippen molar-refractivity contribution >= 4 is 12.6 Å². The minimum absolute atomic E-state index is 0.595. The standard InChI is InChI=1S/C10H17NOS/c1-2-3-6-9-12-10(13)7-4-5-8-11-10/h4-5,7-8,11,13H,2-3,6,9H2,1H3. The maximum absolute atomic E-state index is 5.59. The summed E-state index contributed by atoms with van der Waals surface area (Å²) in [6.07, 6.45) is 11.1. The molecule has 0 aromatic rings. The Morgan fingerprint density at radius 1 is 1.38 bits per heavy atom. The normalized spacial score (nSPS) is 26.0. The lowest BCUT2D eigenvalue weighted by Gasteiger charge is -2.27. The van der Waals surface area contributed by atoms with Gasteiger partial charge >= 0.3 is 0 Å². The van der Waals surface area contributed by atoms with Crippen molar-refractivity contribution in [1.82, 2.24) is 5.32 Å². The molecule has 1 unspecified atom stereocenters. The van der Waals surface area contributed by atoms with E-state index in [9.17, 15) is 0 Å². The highest BCUT2D eigenvalue weighted by molar-refractivity contribution is 7.81. The summed E-state index contributed by atoms with van der Waals surface area (Å²) in [5.41, 5.74) is 0. The van der Waals surface area contributed by atoms with Crippen LogP contribution >= 0.6 is 12.6 Å². The molecule has 1 rings (SSSR count). The Labute approximate surface area is 85.5 Å². The van der Waals surface area contributed by atoms with Gasteiger partial charge in [0.2, 0.25) is 5.06 Å². The van der Waals surface area contributed by atoms with Gasteiger partial charge in [-0.05, 0) is 24.8 Å². The van der Waals surface area contributed by atoms with Crippen LogP contribution in [0.4, 0.5) is 0 Å². The van der Waals surface area contributed by atoms with E-state index in [4.69, 9.17) is 4.74 Å². The Morgan fingerprint density at radius 2 is 2.23 bits per heavy atom. The molecule has 0 spiro atoms. The summed E-state index contributed by atoms with van der Waals surface area (Å²) < 4.78 is 5.59. The molecule has 3 heteroatoms. The van der Waals surface area contributed by atoms with Crippen LogP contribution in [0.3, 0.4) is 0 Å². The lowest BCUT2D eigenvalue weighted by molar-refractivity contribution is 0.0437. The molecule has 0 saturated heterocycles. The van der Waals surface area contributed by atoms with Crippen LogP contribution < -0.4 is 5.32 Å². The first-order chi connectivity index (χ1) is 6.27. The highest BCUT2D eigenvalue weighted by atomic mass is 32.1. The summed E-state index contributed by atoms with van der Waals surface area (Å²) in [4.78, 5) is 0. The maximum atomic E-state index is 5.59. The van der Waals surface area contributed by atoms with Crippen LogP contribution in [0.5, 0.6) is 0 Å². The number of allylic oxidation sites excluding steroid dienone is 2. The fourth-order valence-electron chi connectivity index (χ4n) is 1.13. The Morgan fingerprint density at radius 3 is 2.85 bits per heavy atom. The molecule has 0 aliphatic carbocycles. The molecular formula is C10H17NOS. The SMILES string of the molecule is CCCCCOC1(S)C=CC=CN1. The van der Waals surface area contributed by atoms with Crippen LogP contribution in [0.2, 0.25) is 0 Å². The summed E-state index contributed by atoms with van der Waals surface area (Å²) in [5.74, 6) is 0. The number of rotatable bonds is 5. The van der Waals surface area contributed by atoms with Gasteiger partial charge in [-0.1, -0.05) is 25.8 Å². The van der Waals surface area contributed by atoms with Crippen molar-refractivity contribution < 1.29 is 4.74 Å². The first kappa shape index (κ1) is 10.7. The zero-order valence-electron chi connectivity index (χ0n) is 7.99. The van der Waals surface area contributed by atoms with E-state index in [-0.39, 0.29) is 0 Å². The molecular weight excluding hydrogens is 182 g/mol. The van der Waals surface area contributed by atoms with E-state index in [0.717, 1.165) is 13.0 Å². The Kier molecular flexibility index (Phi) is 4.39. The van der Waals surface area contributed by atoms with E-state index in [1.807, 2.05) is 24.4 Å². The highest BCUT2D eigenvalue weighted by Gasteiger charge is 2.21. The van der Waals surface area contributed by atoms with Crippen molar-refractivity contribution in [1.29, 1.82) is 0 Å². The minimum atomic E-state index is -0.595. The van der Waals surface area contributed by atoms with E-state index in [0.29, 0.717) is 0 Å². The molecule has 1 N–H and O–H groups in total. The van der Waals surface area contributed by atoms with Crippen LogP contribution in [0.1, 0.15) is 26.2 Å². The molecule has 0 aromatic carbocycles. The van der Waals surface area contributed by atoms with Crippen molar-refractivity contribution in [2.75, 3.05) is 6.61 Å². The number of hydrogen-bond acceptors (Lipinski definition) is 3. The van der Waals surface area contributed by atoms with E-state index in [1.165, 1.54) is 12.8 Å². The number of ether oxygens (including phenoxy) is 1. The first-order valence-electron chi connectivity index (χ1n) is 4.75. The van der Waals surface area contributed by atoms with Gasteiger partial charge in [0.1, 0.15) is 0 Å². The molecule has 0 bridgehead atoms. The average Bonchev–Trinajstić information content (AvgIpc) is 2.14. The lowest BCUT2D eigenvalue weighted by atomic mass is 10.3. The molecule has 13 heavy (non-hydrogen) atoms. The number of dihydropyridines is 1. The zero-order chi connectivity index (χ0) is 9.57. The van der Waals surface area contributed by atoms with E-state index in [2.05, 4.69) is 24.9 Å². The van der Waals surface area contributed by atoms with Gasteiger partial charge in [0.15, 0.2) is 0 Å². The van der Waals surface area contributed by atoms with Crippen molar-refractivity contribution in [3.8, 4) is 0 Å². The molecule has 0 aromatic heterocycles. The van der Waals surface area contributed by atoms with Gasteiger partial charge in [0.05, 0.1) is 6.61 Å². The molecule has 74 valence electrons. The summed E-state index contributed by atoms with van der Waals surface area (Å²) in [6, 6.07) is 0. The molecule has 0 saturated carbocycles. The van der Waals surface area contributed by atoms with Crippen molar-refractivity contribution in [3.63, 3.8) is 0 Å². The molecule has 0 fully saturated rings. The third-order valence-corrected chi connectivity index (χ3v) is 2.30. The predicted molar refractivity (Wildman–Crippen MR) is 58.6 cm³/mol. The maximum Gasteiger partial charge on any atom is 0.204 e. The Balaban J connectivity index is 2.19. The third-order valence-electron chi connectivity index (χ3n) is 1.89. The second-order valence-corrected chi connectivity index (χ2v) is 3.78. The summed E-state index contributed by atoms with van der Waals surface area (Å²) in [7, 11) is 0. The van der Waals surface area contributed by atoms with E-state index in [1.54, 1.807) is 0 Å². The number of hydrogen-bond donors (Lipinski definition) is 2. The molecule has 0 radical (unpaired) electrons. The van der Waals surface area contributed by atoms with Gasteiger partial charge in [-0.15, -0.1) is 12.6 Å². The van der Waals surface area contributed by atoms with Crippen molar-refractivity contribution in [3.05, 3.63) is 24.4 Å². The number of thiol groups is 1. The van der Waals surface area contributed by atoms with Crippen LogP contribution in [0.25, 0.3) is 0 Å². The Hall–Kier alpha value is -0.410. The van der Waals surface area contributed by atoms with Gasteiger partial charge in [0.25, 0.3) is 0 Å². The van der Waals surface area contributed by atoms with Gasteiger partial charge in [-0.2, -0.15) is 0 Å².